The van der Waals surface area contributed by atoms with E-state index >= 15 is 0 Å². The summed E-state index contributed by atoms with van der Waals surface area (Å²) in [7, 11) is 1.23. The number of alkyl carbamates (subject to hydrolysis) is 1. The number of carbonyl (C=O) groups excluding carboxylic acids is 2. The van der Waals surface area contributed by atoms with Gasteiger partial charge in [0.1, 0.15) is 0 Å². The fourth-order valence-corrected chi connectivity index (χ4v) is 2.38. The maximum Gasteiger partial charge on any atom is 0.408 e. The van der Waals surface area contributed by atoms with Crippen LogP contribution < -0.4 is 14.8 Å². The molecule has 2 aliphatic rings. The number of halogens is 1. The van der Waals surface area contributed by atoms with Crippen molar-refractivity contribution in [2.45, 2.75) is 12.1 Å². The number of cyclic esters (lactones) is 1. The first kappa shape index (κ1) is 12.9. The largest absolute Gasteiger partial charge is 0.467 e. The molecule has 0 spiro atoms. The van der Waals surface area contributed by atoms with Crippen LogP contribution >= 0.6 is 11.6 Å². The van der Waals surface area contributed by atoms with Crippen molar-refractivity contribution in [1.29, 1.82) is 0 Å². The number of nitrogens with one attached hydrogen (secondary N) is 1. The normalized spacial score (nSPS) is 23.2. The molecule has 0 bridgehead atoms. The number of esters is 1. The minimum atomic E-state index is -0.953. The molecule has 3 rings (SSSR count). The number of hydrogen-bond acceptors (Lipinski definition) is 6. The summed E-state index contributed by atoms with van der Waals surface area (Å²) >= 11 is 6.14. The minimum absolute atomic E-state index is 0.0955. The Morgan fingerprint density at radius 2 is 2.10 bits per heavy atom. The number of amides is 1. The summed E-state index contributed by atoms with van der Waals surface area (Å²) in [5, 5.41) is 2.69. The lowest BCUT2D eigenvalue weighted by atomic mass is 10.0. The summed E-state index contributed by atoms with van der Waals surface area (Å²) in [5.74, 6) is 0.371. The molecule has 1 saturated heterocycles. The number of methoxy groups -OCH3 is 1. The third-order valence-electron chi connectivity index (χ3n) is 3.06. The summed E-state index contributed by atoms with van der Waals surface area (Å²) in [6.45, 7) is 0.0955. The van der Waals surface area contributed by atoms with Crippen molar-refractivity contribution in [2.24, 2.45) is 0 Å². The quantitative estimate of drug-likeness (QED) is 0.831. The Balaban J connectivity index is 1.99. The van der Waals surface area contributed by atoms with E-state index in [1.807, 2.05) is 0 Å². The van der Waals surface area contributed by atoms with Gasteiger partial charge in [0.25, 0.3) is 0 Å². The summed E-state index contributed by atoms with van der Waals surface area (Å²) < 4.78 is 20.2. The van der Waals surface area contributed by atoms with Gasteiger partial charge < -0.3 is 24.3 Å². The maximum atomic E-state index is 11.7. The molecule has 2 aliphatic heterocycles. The molecule has 0 radical (unpaired) electrons. The molecule has 1 N–H and O–H groups in total. The highest BCUT2D eigenvalue weighted by Crippen LogP contribution is 2.41. The van der Waals surface area contributed by atoms with Crippen LogP contribution in [0.4, 0.5) is 4.79 Å². The summed E-state index contributed by atoms with van der Waals surface area (Å²) in [6.07, 6.45) is -1.59. The lowest BCUT2D eigenvalue weighted by Crippen LogP contribution is -2.36. The van der Waals surface area contributed by atoms with Crippen molar-refractivity contribution < 1.29 is 28.5 Å². The van der Waals surface area contributed by atoms with Crippen LogP contribution in [0.25, 0.3) is 0 Å². The van der Waals surface area contributed by atoms with Crippen LogP contribution in [0.5, 0.6) is 11.5 Å². The zero-order valence-electron chi connectivity index (χ0n) is 10.3. The Morgan fingerprint density at radius 1 is 1.40 bits per heavy atom. The molecule has 1 aromatic carbocycles. The highest BCUT2D eigenvalue weighted by Gasteiger charge is 2.42. The van der Waals surface area contributed by atoms with Crippen molar-refractivity contribution >= 4 is 23.7 Å². The highest BCUT2D eigenvalue weighted by atomic mass is 35.5. The van der Waals surface area contributed by atoms with E-state index in [1.54, 1.807) is 12.1 Å². The van der Waals surface area contributed by atoms with E-state index in [1.165, 1.54) is 7.11 Å². The molecule has 8 heteroatoms. The number of rotatable bonds is 2. The molecule has 1 aromatic rings. The Labute approximate surface area is 118 Å². The Kier molecular flexibility index (Phi) is 3.06. The van der Waals surface area contributed by atoms with Gasteiger partial charge >= 0.3 is 12.1 Å². The van der Waals surface area contributed by atoms with Crippen LogP contribution in [0.3, 0.4) is 0 Å². The van der Waals surface area contributed by atoms with Crippen molar-refractivity contribution in [3.05, 3.63) is 22.7 Å². The predicted octanol–water partition coefficient (Wildman–Crippen LogP) is 1.39. The van der Waals surface area contributed by atoms with Gasteiger partial charge in [0.05, 0.1) is 12.1 Å². The molecule has 2 atom stereocenters. The summed E-state index contributed by atoms with van der Waals surface area (Å²) in [4.78, 5) is 23.0. The Hall–Kier alpha value is -2.15. The van der Waals surface area contributed by atoms with Gasteiger partial charge in [-0.2, -0.15) is 0 Å². The second kappa shape index (κ2) is 4.75. The smallest absolute Gasteiger partial charge is 0.408 e. The maximum absolute atomic E-state index is 11.7. The Morgan fingerprint density at radius 3 is 2.80 bits per heavy atom. The molecular formula is C12H10ClNO6. The van der Waals surface area contributed by atoms with E-state index in [9.17, 15) is 9.59 Å². The van der Waals surface area contributed by atoms with Crippen LogP contribution in [0.1, 0.15) is 11.7 Å². The van der Waals surface area contributed by atoms with E-state index < -0.39 is 24.2 Å². The molecule has 0 aromatic heterocycles. The first-order chi connectivity index (χ1) is 9.60. The van der Waals surface area contributed by atoms with E-state index in [-0.39, 0.29) is 6.79 Å². The number of carbonyl (C=O) groups is 2. The summed E-state index contributed by atoms with van der Waals surface area (Å²) in [6, 6.07) is 2.19. The van der Waals surface area contributed by atoms with E-state index in [2.05, 4.69) is 10.1 Å². The molecule has 0 saturated carbocycles. The average Bonchev–Trinajstić information content (AvgIpc) is 3.02. The van der Waals surface area contributed by atoms with Crippen molar-refractivity contribution in [1.82, 2.24) is 5.32 Å². The van der Waals surface area contributed by atoms with Gasteiger partial charge in [0, 0.05) is 11.6 Å². The monoisotopic (exact) mass is 299 g/mol. The number of benzene rings is 1. The lowest BCUT2D eigenvalue weighted by Gasteiger charge is -2.16. The molecule has 106 valence electrons. The van der Waals surface area contributed by atoms with Crippen LogP contribution in [-0.2, 0) is 14.3 Å². The van der Waals surface area contributed by atoms with Gasteiger partial charge in [-0.05, 0) is 6.07 Å². The average molecular weight is 300 g/mol. The standard InChI is InChI=1S/C12H10ClNO6/c1-17-11(15)9-10(20-12(16)14-9)5-2-7-8(3-6(5)13)19-4-18-7/h2-3,9-10H,4H2,1H3,(H,14,16). The minimum Gasteiger partial charge on any atom is -0.467 e. The second-order valence-corrected chi connectivity index (χ2v) is 4.61. The van der Waals surface area contributed by atoms with Crippen molar-refractivity contribution in [3.8, 4) is 11.5 Å². The SMILES string of the molecule is COC(=O)C1NC(=O)OC1c1cc2c(cc1Cl)OCO2. The van der Waals surface area contributed by atoms with Gasteiger partial charge in [-0.1, -0.05) is 11.6 Å². The lowest BCUT2D eigenvalue weighted by molar-refractivity contribution is -0.144. The van der Waals surface area contributed by atoms with Crippen LogP contribution in [0.15, 0.2) is 12.1 Å². The van der Waals surface area contributed by atoms with Crippen LogP contribution in [0.2, 0.25) is 5.02 Å². The molecule has 7 nitrogen and oxygen atoms in total. The van der Waals surface area contributed by atoms with Gasteiger partial charge in [-0.25, -0.2) is 9.59 Å². The first-order valence-electron chi connectivity index (χ1n) is 5.74. The molecule has 0 aliphatic carbocycles. The fourth-order valence-electron chi connectivity index (χ4n) is 2.12. The number of ether oxygens (including phenoxy) is 4. The topological polar surface area (TPSA) is 83.1 Å². The van der Waals surface area contributed by atoms with Gasteiger partial charge in [0.15, 0.2) is 23.6 Å². The molecule has 2 heterocycles. The third-order valence-corrected chi connectivity index (χ3v) is 3.39. The second-order valence-electron chi connectivity index (χ2n) is 4.20. The first-order valence-corrected chi connectivity index (χ1v) is 6.12. The highest BCUT2D eigenvalue weighted by molar-refractivity contribution is 6.31. The van der Waals surface area contributed by atoms with E-state index in [0.29, 0.717) is 22.1 Å². The Bertz CT molecular complexity index is 590. The van der Waals surface area contributed by atoms with E-state index in [4.69, 9.17) is 25.8 Å². The summed E-state index contributed by atoms with van der Waals surface area (Å²) in [5.41, 5.74) is 0.449. The molecule has 20 heavy (non-hydrogen) atoms. The zero-order valence-corrected chi connectivity index (χ0v) is 11.1. The number of hydrogen-bond donors (Lipinski definition) is 1. The number of fused-ring (bicyclic) bond motifs is 1. The molecule has 1 fully saturated rings. The van der Waals surface area contributed by atoms with Gasteiger partial charge in [-0.15, -0.1) is 0 Å². The van der Waals surface area contributed by atoms with E-state index in [0.717, 1.165) is 0 Å². The van der Waals surface area contributed by atoms with Gasteiger partial charge in [-0.3, -0.25) is 0 Å². The fraction of sp³-hybridized carbons (Fsp3) is 0.333. The van der Waals surface area contributed by atoms with Crippen molar-refractivity contribution in [3.63, 3.8) is 0 Å². The van der Waals surface area contributed by atoms with Crippen LogP contribution in [0, 0.1) is 0 Å². The van der Waals surface area contributed by atoms with Crippen molar-refractivity contribution in [2.75, 3.05) is 13.9 Å². The molecular weight excluding hydrogens is 290 g/mol. The molecule has 1 amide bonds. The zero-order chi connectivity index (χ0) is 14.3. The van der Waals surface area contributed by atoms with Gasteiger partial charge in [0.2, 0.25) is 6.79 Å². The molecule has 2 unspecified atom stereocenters. The van der Waals surface area contributed by atoms with Crippen LogP contribution in [-0.4, -0.2) is 32.0 Å². The predicted molar refractivity (Wildman–Crippen MR) is 65.7 cm³/mol. The third kappa shape index (κ3) is 2.00.